The molecular formula is C7H3Cl2N3O. The summed E-state index contributed by atoms with van der Waals surface area (Å²) >= 11 is 11.1. The molecule has 0 saturated heterocycles. The van der Waals surface area contributed by atoms with Gasteiger partial charge in [0.25, 0.3) is 5.91 Å². The van der Waals surface area contributed by atoms with Crippen LogP contribution >= 0.6 is 23.2 Å². The van der Waals surface area contributed by atoms with Crippen molar-refractivity contribution in [3.05, 3.63) is 28.0 Å². The van der Waals surface area contributed by atoms with Gasteiger partial charge in [0.05, 0.1) is 0 Å². The van der Waals surface area contributed by atoms with Crippen LogP contribution in [-0.4, -0.2) is 10.9 Å². The van der Waals surface area contributed by atoms with Crippen LogP contribution in [0.3, 0.4) is 0 Å². The van der Waals surface area contributed by atoms with Crippen LogP contribution in [0.4, 0.5) is 0 Å². The average Bonchev–Trinajstić information content (AvgIpc) is 2.03. The molecule has 0 aliphatic rings. The monoisotopic (exact) mass is 215 g/mol. The number of nitrogens with zero attached hydrogens (tertiary/aromatic N) is 2. The van der Waals surface area contributed by atoms with Crippen LogP contribution in [0.25, 0.3) is 0 Å². The fourth-order valence-electron chi connectivity index (χ4n) is 0.719. The predicted octanol–water partition coefficient (Wildman–Crippen LogP) is 1.60. The Bertz CT molecular complexity index is 366. The van der Waals surface area contributed by atoms with E-state index in [1.807, 2.05) is 5.32 Å². The van der Waals surface area contributed by atoms with Crippen molar-refractivity contribution >= 4 is 29.1 Å². The van der Waals surface area contributed by atoms with Gasteiger partial charge < -0.3 is 0 Å². The van der Waals surface area contributed by atoms with Gasteiger partial charge in [-0.25, -0.2) is 4.98 Å². The molecule has 0 saturated carbocycles. The maximum Gasteiger partial charge on any atom is 0.264 e. The molecule has 1 heterocycles. The maximum atomic E-state index is 11.1. The van der Waals surface area contributed by atoms with Crippen LogP contribution in [-0.2, 0) is 0 Å². The summed E-state index contributed by atoms with van der Waals surface area (Å²) in [5, 5.41) is 10.3. The molecule has 0 spiro atoms. The van der Waals surface area contributed by atoms with Crippen molar-refractivity contribution in [2.24, 2.45) is 0 Å². The van der Waals surface area contributed by atoms with Gasteiger partial charge in [-0.05, 0) is 12.1 Å². The van der Waals surface area contributed by atoms with E-state index in [0.717, 1.165) is 0 Å². The van der Waals surface area contributed by atoms with E-state index in [4.69, 9.17) is 28.5 Å². The Morgan fingerprint density at radius 2 is 2.00 bits per heavy atom. The highest BCUT2D eigenvalue weighted by molar-refractivity contribution is 6.33. The van der Waals surface area contributed by atoms with E-state index < -0.39 is 5.91 Å². The molecule has 4 nitrogen and oxygen atoms in total. The summed E-state index contributed by atoms with van der Waals surface area (Å²) in [4.78, 5) is 14.7. The molecule has 0 aromatic carbocycles. The van der Waals surface area contributed by atoms with Gasteiger partial charge in [-0.3, -0.25) is 10.1 Å². The standard InChI is InChI=1S/C7H3Cl2N3O/c8-5-1-4(2-6(9)12-5)7(13)11-3-10/h1-2H,(H,11,13). The third-order valence-electron chi connectivity index (χ3n) is 1.19. The molecule has 0 bridgehead atoms. The van der Waals surface area contributed by atoms with E-state index in [1.54, 1.807) is 0 Å². The lowest BCUT2D eigenvalue weighted by Crippen LogP contribution is -2.17. The van der Waals surface area contributed by atoms with E-state index in [2.05, 4.69) is 4.98 Å². The second-order valence-corrected chi connectivity index (χ2v) is 2.84. The topological polar surface area (TPSA) is 65.8 Å². The molecule has 0 unspecified atom stereocenters. The molecule has 1 aromatic rings. The van der Waals surface area contributed by atoms with Crippen LogP contribution in [0.1, 0.15) is 10.4 Å². The number of amides is 1. The Morgan fingerprint density at radius 1 is 1.46 bits per heavy atom. The fourth-order valence-corrected chi connectivity index (χ4v) is 1.18. The minimum atomic E-state index is -0.561. The first-order valence-electron chi connectivity index (χ1n) is 3.16. The van der Waals surface area contributed by atoms with Crippen molar-refractivity contribution in [1.29, 1.82) is 5.26 Å². The maximum absolute atomic E-state index is 11.1. The lowest BCUT2D eigenvalue weighted by Gasteiger charge is -1.98. The molecule has 1 amide bonds. The molecule has 1 N–H and O–H groups in total. The van der Waals surface area contributed by atoms with Gasteiger partial charge in [-0.2, -0.15) is 5.26 Å². The number of nitrogens with one attached hydrogen (secondary N) is 1. The molecular weight excluding hydrogens is 213 g/mol. The summed E-state index contributed by atoms with van der Waals surface area (Å²) in [6.07, 6.45) is 1.50. The van der Waals surface area contributed by atoms with Gasteiger partial charge in [0, 0.05) is 5.56 Å². The molecule has 0 radical (unpaired) electrons. The Kier molecular flexibility index (Phi) is 3.07. The smallest absolute Gasteiger partial charge is 0.264 e. The number of carbonyl (C=O) groups is 1. The highest BCUT2D eigenvalue weighted by Crippen LogP contribution is 2.14. The Balaban J connectivity index is 3.02. The van der Waals surface area contributed by atoms with E-state index in [1.165, 1.54) is 18.3 Å². The van der Waals surface area contributed by atoms with E-state index in [9.17, 15) is 4.79 Å². The molecule has 1 rings (SSSR count). The van der Waals surface area contributed by atoms with E-state index in [-0.39, 0.29) is 15.9 Å². The lowest BCUT2D eigenvalue weighted by atomic mass is 10.2. The van der Waals surface area contributed by atoms with Crippen molar-refractivity contribution in [2.45, 2.75) is 0 Å². The number of halogens is 2. The number of carbonyl (C=O) groups excluding carboxylic acids is 1. The van der Waals surface area contributed by atoms with Crippen LogP contribution in [0, 0.1) is 11.5 Å². The van der Waals surface area contributed by atoms with Crippen LogP contribution in [0.5, 0.6) is 0 Å². The minimum Gasteiger partial charge on any atom is -0.268 e. The zero-order valence-electron chi connectivity index (χ0n) is 6.21. The second kappa shape index (κ2) is 4.08. The number of hydrogen-bond acceptors (Lipinski definition) is 3. The summed E-state index contributed by atoms with van der Waals surface area (Å²) in [6.45, 7) is 0. The van der Waals surface area contributed by atoms with Crippen molar-refractivity contribution < 1.29 is 4.79 Å². The minimum absolute atomic E-state index is 0.107. The van der Waals surface area contributed by atoms with Gasteiger partial charge in [-0.15, -0.1) is 0 Å². The van der Waals surface area contributed by atoms with Gasteiger partial charge in [0.15, 0.2) is 6.19 Å². The van der Waals surface area contributed by atoms with E-state index in [0.29, 0.717) is 0 Å². The molecule has 0 aliphatic carbocycles. The largest absolute Gasteiger partial charge is 0.268 e. The van der Waals surface area contributed by atoms with Gasteiger partial charge in [-0.1, -0.05) is 23.2 Å². The zero-order chi connectivity index (χ0) is 9.84. The molecule has 0 fully saturated rings. The van der Waals surface area contributed by atoms with Gasteiger partial charge in [0.1, 0.15) is 10.3 Å². The summed E-state index contributed by atoms with van der Waals surface area (Å²) in [5.41, 5.74) is 0.201. The molecule has 6 heteroatoms. The first-order chi connectivity index (χ1) is 6.13. The highest BCUT2D eigenvalue weighted by Gasteiger charge is 2.07. The second-order valence-electron chi connectivity index (χ2n) is 2.07. The van der Waals surface area contributed by atoms with E-state index >= 15 is 0 Å². The Morgan fingerprint density at radius 3 is 2.46 bits per heavy atom. The lowest BCUT2D eigenvalue weighted by molar-refractivity contribution is 0.0973. The highest BCUT2D eigenvalue weighted by atomic mass is 35.5. The number of pyridine rings is 1. The van der Waals surface area contributed by atoms with Crippen molar-refractivity contribution in [2.75, 3.05) is 0 Å². The zero-order valence-corrected chi connectivity index (χ0v) is 7.73. The Labute approximate surface area is 84.1 Å². The summed E-state index contributed by atoms with van der Waals surface area (Å²) in [7, 11) is 0. The molecule has 0 atom stereocenters. The van der Waals surface area contributed by atoms with Crippen LogP contribution < -0.4 is 5.32 Å². The quantitative estimate of drug-likeness (QED) is 0.440. The molecule has 13 heavy (non-hydrogen) atoms. The fraction of sp³-hybridized carbons (Fsp3) is 0. The van der Waals surface area contributed by atoms with Crippen molar-refractivity contribution in [1.82, 2.24) is 10.3 Å². The Hall–Kier alpha value is -1.31. The number of rotatable bonds is 1. The SMILES string of the molecule is N#CNC(=O)c1cc(Cl)nc(Cl)c1. The molecule has 0 aliphatic heterocycles. The third kappa shape index (κ3) is 2.58. The van der Waals surface area contributed by atoms with Crippen LogP contribution in [0.2, 0.25) is 10.3 Å². The number of hydrogen-bond donors (Lipinski definition) is 1. The number of nitriles is 1. The first-order valence-corrected chi connectivity index (χ1v) is 3.91. The van der Waals surface area contributed by atoms with Gasteiger partial charge in [0.2, 0.25) is 0 Å². The summed E-state index contributed by atoms with van der Waals surface area (Å²) < 4.78 is 0. The van der Waals surface area contributed by atoms with Crippen molar-refractivity contribution in [3.8, 4) is 6.19 Å². The normalized spacial score (nSPS) is 9.00. The molecule has 1 aromatic heterocycles. The average molecular weight is 216 g/mol. The first kappa shape index (κ1) is 9.78. The van der Waals surface area contributed by atoms with Gasteiger partial charge >= 0.3 is 0 Å². The summed E-state index contributed by atoms with van der Waals surface area (Å²) in [6, 6.07) is 2.64. The third-order valence-corrected chi connectivity index (χ3v) is 1.58. The van der Waals surface area contributed by atoms with Crippen LogP contribution in [0.15, 0.2) is 12.1 Å². The summed E-state index contributed by atoms with van der Waals surface area (Å²) in [5.74, 6) is -0.561. The number of aromatic nitrogens is 1. The molecule has 66 valence electrons. The predicted molar refractivity (Wildman–Crippen MR) is 47.3 cm³/mol. The van der Waals surface area contributed by atoms with Crippen molar-refractivity contribution in [3.63, 3.8) is 0 Å².